The Labute approximate surface area is 202 Å². The Balaban J connectivity index is 1.45. The lowest BCUT2D eigenvalue weighted by atomic mass is 10.1. The lowest BCUT2D eigenvalue weighted by Crippen LogP contribution is -2.38. The Morgan fingerprint density at radius 3 is 2.68 bits per heavy atom. The average Bonchev–Trinajstić information content (AvgIpc) is 3.43. The van der Waals surface area contributed by atoms with Gasteiger partial charge in [-0.25, -0.2) is 4.79 Å². The van der Waals surface area contributed by atoms with Crippen LogP contribution in [0.25, 0.3) is 11.8 Å². The second-order valence-corrected chi connectivity index (χ2v) is 9.04. The van der Waals surface area contributed by atoms with Crippen LogP contribution in [0.2, 0.25) is 0 Å². The number of rotatable bonds is 6. The normalized spacial score (nSPS) is 13.2. The number of thiophene rings is 1. The molecule has 4 rings (SSSR count). The maximum absolute atomic E-state index is 12.6. The first-order valence-electron chi connectivity index (χ1n) is 10.9. The molecule has 0 aliphatic carbocycles. The van der Waals surface area contributed by atoms with Crippen molar-refractivity contribution in [2.45, 2.75) is 26.8 Å². The molecule has 0 saturated heterocycles. The molecule has 0 spiro atoms. The molecule has 7 nitrogen and oxygen atoms in total. The van der Waals surface area contributed by atoms with E-state index in [9.17, 15) is 14.9 Å². The van der Waals surface area contributed by atoms with Crippen molar-refractivity contribution in [3.63, 3.8) is 0 Å². The van der Waals surface area contributed by atoms with Crippen molar-refractivity contribution in [1.29, 1.82) is 5.26 Å². The predicted molar refractivity (Wildman–Crippen MR) is 130 cm³/mol. The van der Waals surface area contributed by atoms with Gasteiger partial charge < -0.3 is 18.9 Å². The number of aryl methyl sites for hydroxylation is 1. The monoisotopic (exact) mass is 475 g/mol. The van der Waals surface area contributed by atoms with Gasteiger partial charge in [-0.15, -0.1) is 11.3 Å². The number of hydrogen-bond acceptors (Lipinski definition) is 6. The Kier molecular flexibility index (Phi) is 6.85. The van der Waals surface area contributed by atoms with Gasteiger partial charge in [0.2, 0.25) is 0 Å². The molecule has 1 aromatic carbocycles. The number of carbonyl (C=O) groups excluding carboxylic acids is 2. The van der Waals surface area contributed by atoms with E-state index in [4.69, 9.17) is 9.47 Å². The first-order chi connectivity index (χ1) is 16.4. The summed E-state index contributed by atoms with van der Waals surface area (Å²) in [7, 11) is 1.62. The van der Waals surface area contributed by atoms with Crippen LogP contribution in [-0.2, 0) is 27.3 Å². The molecule has 3 aromatic rings. The van der Waals surface area contributed by atoms with Crippen molar-refractivity contribution in [2.24, 2.45) is 0 Å². The summed E-state index contributed by atoms with van der Waals surface area (Å²) in [6, 6.07) is 13.5. The fourth-order valence-electron chi connectivity index (χ4n) is 4.11. The number of amides is 1. The maximum Gasteiger partial charge on any atom is 0.349 e. The molecule has 0 unspecified atom stereocenters. The van der Waals surface area contributed by atoms with Crippen LogP contribution in [0.3, 0.4) is 0 Å². The molecule has 0 bridgehead atoms. The summed E-state index contributed by atoms with van der Waals surface area (Å²) in [5.74, 6) is -0.311. The number of aromatic nitrogens is 1. The van der Waals surface area contributed by atoms with Crippen LogP contribution in [0.15, 0.2) is 47.4 Å². The van der Waals surface area contributed by atoms with E-state index >= 15 is 0 Å². The first kappa shape index (κ1) is 23.3. The van der Waals surface area contributed by atoms with Gasteiger partial charge in [-0.1, -0.05) is 0 Å². The molecular weight excluding hydrogens is 450 g/mol. The van der Waals surface area contributed by atoms with Gasteiger partial charge in [-0.3, -0.25) is 4.79 Å². The molecule has 1 amide bonds. The molecule has 1 aliphatic heterocycles. The summed E-state index contributed by atoms with van der Waals surface area (Å²) in [6.07, 6.45) is 2.31. The Morgan fingerprint density at radius 2 is 1.97 bits per heavy atom. The zero-order chi connectivity index (χ0) is 24.2. The lowest BCUT2D eigenvalue weighted by molar-refractivity contribution is -0.149. The molecule has 0 saturated carbocycles. The van der Waals surface area contributed by atoms with Crippen molar-refractivity contribution in [3.8, 4) is 17.5 Å². The van der Waals surface area contributed by atoms with Gasteiger partial charge in [0, 0.05) is 35.0 Å². The second-order valence-electron chi connectivity index (χ2n) is 8.04. The van der Waals surface area contributed by atoms with Crippen molar-refractivity contribution in [1.82, 2.24) is 9.47 Å². The SMILES string of the molecule is COc1ccc(-n2c(C)cc(/C=C(\C#N)C(=O)OCC(=O)N3CCc4sccc4C3)c2C)cc1. The Morgan fingerprint density at radius 1 is 1.21 bits per heavy atom. The highest BCUT2D eigenvalue weighted by Crippen LogP contribution is 2.25. The summed E-state index contributed by atoms with van der Waals surface area (Å²) in [6.45, 7) is 4.61. The summed E-state index contributed by atoms with van der Waals surface area (Å²) in [4.78, 5) is 28.1. The third kappa shape index (κ3) is 4.75. The molecule has 0 atom stereocenters. The van der Waals surface area contributed by atoms with Gasteiger partial charge in [-0.2, -0.15) is 5.26 Å². The average molecular weight is 476 g/mol. The fraction of sp³-hybridized carbons (Fsp3) is 0.269. The number of nitriles is 1. The Bertz CT molecular complexity index is 1290. The van der Waals surface area contributed by atoms with Crippen LogP contribution >= 0.6 is 11.3 Å². The molecule has 1 aliphatic rings. The van der Waals surface area contributed by atoms with E-state index in [0.717, 1.165) is 40.4 Å². The summed E-state index contributed by atoms with van der Waals surface area (Å²) < 4.78 is 12.5. The van der Waals surface area contributed by atoms with Crippen LogP contribution in [0.4, 0.5) is 0 Å². The van der Waals surface area contributed by atoms with Gasteiger partial charge in [0.05, 0.1) is 7.11 Å². The fourth-order valence-corrected chi connectivity index (χ4v) is 5.00. The lowest BCUT2D eigenvalue weighted by Gasteiger charge is -2.26. The molecule has 3 heterocycles. The zero-order valence-corrected chi connectivity index (χ0v) is 20.1. The van der Waals surface area contributed by atoms with E-state index in [-0.39, 0.29) is 18.1 Å². The number of methoxy groups -OCH3 is 1. The van der Waals surface area contributed by atoms with Gasteiger partial charge in [0.1, 0.15) is 17.4 Å². The van der Waals surface area contributed by atoms with Gasteiger partial charge >= 0.3 is 5.97 Å². The van der Waals surface area contributed by atoms with E-state index in [1.807, 2.05) is 66.3 Å². The van der Waals surface area contributed by atoms with Crippen LogP contribution in [0.1, 0.15) is 27.4 Å². The van der Waals surface area contributed by atoms with Crippen LogP contribution in [-0.4, -0.2) is 41.6 Å². The van der Waals surface area contributed by atoms with E-state index in [2.05, 4.69) is 0 Å². The number of carbonyl (C=O) groups is 2. The molecule has 0 N–H and O–H groups in total. The number of ether oxygens (including phenoxy) is 2. The van der Waals surface area contributed by atoms with Gasteiger partial charge in [0.25, 0.3) is 5.91 Å². The number of esters is 1. The van der Waals surface area contributed by atoms with Crippen LogP contribution < -0.4 is 4.74 Å². The van der Waals surface area contributed by atoms with E-state index in [1.165, 1.54) is 11.0 Å². The minimum absolute atomic E-state index is 0.151. The van der Waals surface area contributed by atoms with Crippen molar-refractivity contribution < 1.29 is 19.1 Å². The van der Waals surface area contributed by atoms with Crippen molar-refractivity contribution >= 4 is 29.3 Å². The molecule has 174 valence electrons. The van der Waals surface area contributed by atoms with Gasteiger partial charge in [0.15, 0.2) is 6.61 Å². The molecule has 2 aromatic heterocycles. The highest BCUT2D eigenvalue weighted by molar-refractivity contribution is 7.10. The predicted octanol–water partition coefficient (Wildman–Crippen LogP) is 4.20. The quantitative estimate of drug-likeness (QED) is 0.303. The minimum Gasteiger partial charge on any atom is -0.497 e. The topological polar surface area (TPSA) is 84.6 Å². The smallest absolute Gasteiger partial charge is 0.349 e. The highest BCUT2D eigenvalue weighted by atomic mass is 32.1. The highest BCUT2D eigenvalue weighted by Gasteiger charge is 2.23. The molecule has 34 heavy (non-hydrogen) atoms. The maximum atomic E-state index is 12.6. The van der Waals surface area contributed by atoms with E-state index in [0.29, 0.717) is 13.1 Å². The molecule has 8 heteroatoms. The molecule has 0 radical (unpaired) electrons. The van der Waals surface area contributed by atoms with E-state index < -0.39 is 5.97 Å². The third-order valence-electron chi connectivity index (χ3n) is 5.93. The van der Waals surface area contributed by atoms with E-state index in [1.54, 1.807) is 23.3 Å². The number of fused-ring (bicyclic) bond motifs is 1. The van der Waals surface area contributed by atoms with Crippen LogP contribution in [0.5, 0.6) is 5.75 Å². The standard InChI is InChI=1S/C26H25N3O4S/c1-17-12-20(18(2)29(17)22-4-6-23(32-3)7-5-22)13-21(14-27)26(31)33-16-25(30)28-10-8-24-19(15-28)9-11-34-24/h4-7,9,11-13H,8,10,15-16H2,1-3H3/b21-13+. The summed E-state index contributed by atoms with van der Waals surface area (Å²) in [5, 5.41) is 11.6. The summed E-state index contributed by atoms with van der Waals surface area (Å²) in [5.41, 5.74) is 4.49. The first-order valence-corrected chi connectivity index (χ1v) is 11.7. The molecular formula is C26H25N3O4S. The van der Waals surface area contributed by atoms with Gasteiger partial charge in [-0.05, 0) is 79.2 Å². The number of benzene rings is 1. The van der Waals surface area contributed by atoms with Crippen molar-refractivity contribution in [2.75, 3.05) is 20.3 Å². The summed E-state index contributed by atoms with van der Waals surface area (Å²) >= 11 is 1.69. The Hall–Kier alpha value is -3.83. The van der Waals surface area contributed by atoms with Crippen LogP contribution in [0, 0.1) is 25.2 Å². The number of nitrogens with zero attached hydrogens (tertiary/aromatic N) is 3. The van der Waals surface area contributed by atoms with Crippen molar-refractivity contribution in [3.05, 3.63) is 74.7 Å². The zero-order valence-electron chi connectivity index (χ0n) is 19.3. The number of hydrogen-bond donors (Lipinski definition) is 0. The minimum atomic E-state index is -0.807. The third-order valence-corrected chi connectivity index (χ3v) is 6.95. The largest absolute Gasteiger partial charge is 0.497 e. The second kappa shape index (κ2) is 9.98. The molecule has 0 fully saturated rings.